The highest BCUT2D eigenvalue weighted by atomic mass is 32.1. The molecule has 1 aliphatic carbocycles. The highest BCUT2D eigenvalue weighted by molar-refractivity contribution is 7.59. The number of aliphatic hydroxyl groups is 1. The van der Waals surface area contributed by atoms with Crippen molar-refractivity contribution in [2.24, 2.45) is 7.05 Å². The van der Waals surface area contributed by atoms with Gasteiger partial charge in [-0.3, -0.25) is 19.2 Å². The average Bonchev–Trinajstić information content (AvgIpc) is 3.08. The minimum absolute atomic E-state index is 0. The van der Waals surface area contributed by atoms with Gasteiger partial charge in [-0.05, 0) is 61.4 Å². The van der Waals surface area contributed by atoms with Crippen molar-refractivity contribution in [1.82, 2.24) is 20.1 Å². The number of carbonyl (C=O) groups excluding carboxylic acids is 4. The zero-order valence-electron chi connectivity index (χ0n) is 27.1. The second-order valence-corrected chi connectivity index (χ2v) is 11.8. The smallest absolute Gasteiger partial charge is 0.331 e. The van der Waals surface area contributed by atoms with Crippen molar-refractivity contribution in [1.29, 1.82) is 0 Å². The van der Waals surface area contributed by atoms with E-state index in [0.29, 0.717) is 44.3 Å². The molecule has 1 aromatic heterocycles. The van der Waals surface area contributed by atoms with Gasteiger partial charge < -0.3 is 29.9 Å². The van der Waals surface area contributed by atoms with E-state index in [2.05, 4.69) is 10.6 Å². The lowest BCUT2D eigenvalue weighted by Gasteiger charge is -2.43. The van der Waals surface area contributed by atoms with Crippen LogP contribution in [-0.4, -0.2) is 76.7 Å². The van der Waals surface area contributed by atoms with E-state index in [4.69, 9.17) is 4.74 Å². The van der Waals surface area contributed by atoms with Crippen LogP contribution in [0, 0.1) is 0 Å². The zero-order chi connectivity index (χ0) is 32.8. The molecule has 5 rings (SSSR count). The summed E-state index contributed by atoms with van der Waals surface area (Å²) in [5, 5.41) is 15.6. The summed E-state index contributed by atoms with van der Waals surface area (Å²) < 4.78 is 6.43. The Hall–Kier alpha value is -4.07. The minimum atomic E-state index is -1.23. The Kier molecular flexibility index (Phi) is 13.5. The summed E-state index contributed by atoms with van der Waals surface area (Å²) in [5.41, 5.74) is 0.647. The standard InChI is InChI=1S/C35H40N4O7.2H2S/c1-3-46-33(44)29(22-40)37-34(45)35(23-10-5-4-6-11-23)18-15-26(25-12-7-8-14-28(25)35)32(43)39-20-16-24(17-21-39)36-30(41)27-13-9-19-38(2)31(27)42;;/h4-14,19,24,26,29,40H,3,15-18,20-22H2,1-2H3,(H,36,41)(H,37,45);2*1H2/t26-,29-,35+;;/m0../s1. The molecule has 3 N–H and O–H groups in total. The van der Waals surface area contributed by atoms with Gasteiger partial charge in [0.25, 0.3) is 11.5 Å². The van der Waals surface area contributed by atoms with E-state index in [9.17, 15) is 29.1 Å². The topological polar surface area (TPSA) is 147 Å². The lowest BCUT2D eigenvalue weighted by atomic mass is 9.62. The number of amides is 3. The molecule has 2 aliphatic rings. The summed E-state index contributed by atoms with van der Waals surface area (Å²) in [6, 6.07) is 18.4. The van der Waals surface area contributed by atoms with Gasteiger partial charge in [0, 0.05) is 32.4 Å². The number of fused-ring (bicyclic) bond motifs is 1. The predicted molar refractivity (Wildman–Crippen MR) is 191 cm³/mol. The molecule has 11 nitrogen and oxygen atoms in total. The van der Waals surface area contributed by atoms with E-state index in [1.807, 2.05) is 59.5 Å². The van der Waals surface area contributed by atoms with Crippen molar-refractivity contribution in [3.63, 3.8) is 0 Å². The van der Waals surface area contributed by atoms with Gasteiger partial charge in [0.2, 0.25) is 11.8 Å². The number of aryl methyl sites for hydroxylation is 1. The summed E-state index contributed by atoms with van der Waals surface area (Å²) in [7, 11) is 1.60. The van der Waals surface area contributed by atoms with E-state index in [-0.39, 0.29) is 56.7 Å². The summed E-state index contributed by atoms with van der Waals surface area (Å²) in [5.74, 6) is -2.12. The molecule has 2 heterocycles. The third kappa shape index (κ3) is 7.63. The first kappa shape index (κ1) is 38.4. The number of benzene rings is 2. The largest absolute Gasteiger partial charge is 0.464 e. The summed E-state index contributed by atoms with van der Waals surface area (Å²) in [4.78, 5) is 67.7. The van der Waals surface area contributed by atoms with E-state index < -0.39 is 41.8 Å². The molecule has 48 heavy (non-hydrogen) atoms. The van der Waals surface area contributed by atoms with Crippen LogP contribution in [-0.2, 0) is 31.6 Å². The maximum Gasteiger partial charge on any atom is 0.331 e. The predicted octanol–water partition coefficient (Wildman–Crippen LogP) is 2.24. The number of aliphatic hydroxyl groups excluding tert-OH is 1. The van der Waals surface area contributed by atoms with Crippen LogP contribution in [0.2, 0.25) is 0 Å². The number of esters is 1. The first-order valence-electron chi connectivity index (χ1n) is 15.7. The van der Waals surface area contributed by atoms with Gasteiger partial charge in [-0.1, -0.05) is 54.6 Å². The first-order valence-corrected chi connectivity index (χ1v) is 15.7. The van der Waals surface area contributed by atoms with Crippen molar-refractivity contribution < 1.29 is 29.0 Å². The SMILES string of the molecule is CCOC(=O)[C@H](CO)NC(=O)[C@@]1(c2ccccc2)CC[C@H](C(=O)N2CCC(NC(=O)c3cccn(C)c3=O)CC2)c2ccccc21.S.S. The second kappa shape index (κ2) is 16.8. The van der Waals surface area contributed by atoms with E-state index in [0.717, 1.165) is 11.1 Å². The van der Waals surface area contributed by atoms with Crippen LogP contribution >= 0.6 is 27.0 Å². The van der Waals surface area contributed by atoms with E-state index in [1.54, 1.807) is 26.2 Å². The number of rotatable bonds is 9. The third-order valence-electron chi connectivity index (χ3n) is 9.13. The van der Waals surface area contributed by atoms with Crippen LogP contribution in [0.3, 0.4) is 0 Å². The Bertz CT molecular complexity index is 1660. The van der Waals surface area contributed by atoms with Gasteiger partial charge in [-0.25, -0.2) is 4.79 Å². The van der Waals surface area contributed by atoms with Crippen LogP contribution in [0.4, 0.5) is 0 Å². The lowest BCUT2D eigenvalue weighted by Crippen LogP contribution is -2.55. The molecule has 13 heteroatoms. The molecule has 1 saturated heterocycles. The molecule has 0 spiro atoms. The molecule has 258 valence electrons. The number of hydrogen-bond acceptors (Lipinski definition) is 7. The van der Waals surface area contributed by atoms with E-state index in [1.165, 1.54) is 10.6 Å². The van der Waals surface area contributed by atoms with Crippen LogP contribution < -0.4 is 16.2 Å². The Labute approximate surface area is 293 Å². The fraction of sp³-hybridized carbons (Fsp3) is 0.400. The number of nitrogens with zero attached hydrogens (tertiary/aromatic N) is 2. The van der Waals surface area contributed by atoms with E-state index >= 15 is 0 Å². The van der Waals surface area contributed by atoms with Gasteiger partial charge in [-0.2, -0.15) is 27.0 Å². The molecule has 2 aromatic carbocycles. The summed E-state index contributed by atoms with van der Waals surface area (Å²) in [6.45, 7) is 2.03. The third-order valence-corrected chi connectivity index (χ3v) is 9.13. The monoisotopic (exact) mass is 696 g/mol. The number of aromatic nitrogens is 1. The van der Waals surface area contributed by atoms with Gasteiger partial charge in [0.1, 0.15) is 5.56 Å². The first-order chi connectivity index (χ1) is 22.2. The summed E-state index contributed by atoms with van der Waals surface area (Å²) >= 11 is 0. The number of carbonyl (C=O) groups is 4. The molecule has 1 aliphatic heterocycles. The number of hydrogen-bond donors (Lipinski definition) is 3. The maximum absolute atomic E-state index is 14.2. The van der Waals surface area contributed by atoms with Crippen molar-refractivity contribution >= 4 is 50.7 Å². The molecule has 3 atom stereocenters. The van der Waals surface area contributed by atoms with Gasteiger partial charge >= 0.3 is 5.97 Å². The van der Waals surface area contributed by atoms with Crippen LogP contribution in [0.1, 0.15) is 65.6 Å². The van der Waals surface area contributed by atoms with Crippen LogP contribution in [0.25, 0.3) is 0 Å². The van der Waals surface area contributed by atoms with Crippen molar-refractivity contribution in [2.75, 3.05) is 26.3 Å². The lowest BCUT2D eigenvalue weighted by molar-refractivity contribution is -0.149. The van der Waals surface area contributed by atoms with Crippen molar-refractivity contribution in [3.8, 4) is 0 Å². The molecule has 3 aromatic rings. The van der Waals surface area contributed by atoms with Gasteiger partial charge in [0.05, 0.1) is 24.5 Å². The second-order valence-electron chi connectivity index (χ2n) is 11.8. The van der Waals surface area contributed by atoms with Crippen molar-refractivity contribution in [2.45, 2.75) is 56.0 Å². The molecule has 0 unspecified atom stereocenters. The Morgan fingerprint density at radius 3 is 2.29 bits per heavy atom. The number of ether oxygens (including phenoxy) is 1. The zero-order valence-corrected chi connectivity index (χ0v) is 29.1. The molecule has 0 bridgehead atoms. The Balaban J connectivity index is 0.00000312. The highest BCUT2D eigenvalue weighted by Gasteiger charge is 2.49. The average molecular weight is 697 g/mol. The molecule has 1 fully saturated rings. The van der Waals surface area contributed by atoms with Crippen LogP contribution in [0.5, 0.6) is 0 Å². The van der Waals surface area contributed by atoms with Gasteiger partial charge in [0.15, 0.2) is 6.04 Å². The maximum atomic E-state index is 14.2. The number of nitrogens with one attached hydrogen (secondary N) is 2. The number of pyridine rings is 1. The Morgan fingerprint density at radius 1 is 0.958 bits per heavy atom. The molecule has 3 amide bonds. The molecule has 0 saturated carbocycles. The van der Waals surface area contributed by atoms with Crippen molar-refractivity contribution in [3.05, 3.63) is 106 Å². The fourth-order valence-electron chi connectivity index (χ4n) is 6.69. The number of piperidine rings is 1. The normalized spacial score (nSPS) is 19.4. The fourth-order valence-corrected chi connectivity index (χ4v) is 6.69. The molecule has 0 radical (unpaired) electrons. The van der Waals surface area contributed by atoms with Crippen LogP contribution in [0.15, 0.2) is 77.7 Å². The highest BCUT2D eigenvalue weighted by Crippen LogP contribution is 2.48. The number of likely N-dealkylation sites (tertiary alicyclic amines) is 1. The molecular formula is C35H44N4O7S2. The van der Waals surface area contributed by atoms with Gasteiger partial charge in [-0.15, -0.1) is 0 Å². The Morgan fingerprint density at radius 2 is 1.62 bits per heavy atom. The summed E-state index contributed by atoms with van der Waals surface area (Å²) in [6.07, 6.45) is 3.38. The quantitative estimate of drug-likeness (QED) is 0.291. The molecular weight excluding hydrogens is 653 g/mol. The minimum Gasteiger partial charge on any atom is -0.464 e.